The number of carbonyl (C=O) groups is 1. The van der Waals surface area contributed by atoms with E-state index in [1.165, 1.54) is 25.7 Å². The van der Waals surface area contributed by atoms with Gasteiger partial charge in [-0.1, -0.05) is 20.8 Å². The number of nitrogens with zero attached hydrogens (tertiary/aromatic N) is 1. The third kappa shape index (κ3) is 5.69. The first-order chi connectivity index (χ1) is 12.2. The van der Waals surface area contributed by atoms with E-state index < -0.39 is 17.6 Å². The van der Waals surface area contributed by atoms with Gasteiger partial charge in [-0.2, -0.15) is 0 Å². The number of nitrogens with two attached hydrogens (primary N) is 1. The van der Waals surface area contributed by atoms with Crippen molar-refractivity contribution >= 4 is 17.7 Å². The molecule has 5 nitrogen and oxygen atoms in total. The van der Waals surface area contributed by atoms with Crippen LogP contribution in [-0.2, 0) is 11.2 Å². The van der Waals surface area contributed by atoms with Gasteiger partial charge in [-0.25, -0.2) is 4.79 Å². The van der Waals surface area contributed by atoms with Gasteiger partial charge in [-0.3, -0.25) is 4.98 Å². The molecule has 1 saturated carbocycles. The van der Waals surface area contributed by atoms with Crippen molar-refractivity contribution < 1.29 is 15.0 Å². The fourth-order valence-corrected chi connectivity index (χ4v) is 4.75. The Morgan fingerprint density at radius 1 is 1.38 bits per heavy atom. The van der Waals surface area contributed by atoms with E-state index in [-0.39, 0.29) is 12.3 Å². The largest absolute Gasteiger partial charge is 0.479 e. The molecular weight excluding hydrogens is 348 g/mol. The molecule has 6 heteroatoms. The summed E-state index contributed by atoms with van der Waals surface area (Å²) in [6, 6.07) is 3.02. The summed E-state index contributed by atoms with van der Waals surface area (Å²) in [7, 11) is 0. The Bertz CT molecular complexity index is 602. The van der Waals surface area contributed by atoms with Crippen molar-refractivity contribution in [3.05, 3.63) is 24.0 Å². The number of hydrogen-bond acceptors (Lipinski definition) is 5. The summed E-state index contributed by atoms with van der Waals surface area (Å²) in [4.78, 5) is 17.1. The van der Waals surface area contributed by atoms with Gasteiger partial charge in [0.2, 0.25) is 0 Å². The van der Waals surface area contributed by atoms with E-state index in [1.807, 2.05) is 37.7 Å². The zero-order chi connectivity index (χ0) is 19.3. The van der Waals surface area contributed by atoms with Crippen molar-refractivity contribution in [2.45, 2.75) is 81.1 Å². The summed E-state index contributed by atoms with van der Waals surface area (Å²) in [6.45, 7) is 6.23. The summed E-state index contributed by atoms with van der Waals surface area (Å²) in [5.74, 6) is -0.265. The van der Waals surface area contributed by atoms with Crippen LogP contribution in [0.15, 0.2) is 23.2 Å². The zero-order valence-corrected chi connectivity index (χ0v) is 16.8. The fraction of sp³-hybridized carbons (Fsp3) is 0.700. The molecule has 1 aromatic heterocycles. The van der Waals surface area contributed by atoms with Crippen LogP contribution in [0.25, 0.3) is 0 Å². The van der Waals surface area contributed by atoms with Crippen molar-refractivity contribution in [3.63, 3.8) is 0 Å². The molecule has 1 heterocycles. The van der Waals surface area contributed by atoms with E-state index in [0.29, 0.717) is 17.4 Å². The molecule has 0 bridgehead atoms. The molecular formula is C20H32N2O3S. The van der Waals surface area contributed by atoms with Crippen LogP contribution in [-0.4, -0.2) is 38.1 Å². The lowest BCUT2D eigenvalue weighted by molar-refractivity contribution is -0.161. The highest BCUT2D eigenvalue weighted by Gasteiger charge is 2.43. The van der Waals surface area contributed by atoms with Gasteiger partial charge in [0.25, 0.3) is 0 Å². The van der Waals surface area contributed by atoms with Crippen LogP contribution in [0.3, 0.4) is 0 Å². The SMILES string of the molecule is CC(C)CC(N)C(O)(Cc1cc(SC2CCC(C)CC2)ccn1)C(=O)O. The van der Waals surface area contributed by atoms with Gasteiger partial charge in [0, 0.05) is 34.5 Å². The summed E-state index contributed by atoms with van der Waals surface area (Å²) < 4.78 is 0. The molecule has 1 aliphatic carbocycles. The zero-order valence-electron chi connectivity index (χ0n) is 16.0. The highest BCUT2D eigenvalue weighted by Crippen LogP contribution is 2.36. The summed E-state index contributed by atoms with van der Waals surface area (Å²) >= 11 is 1.83. The second-order valence-electron chi connectivity index (χ2n) is 8.12. The number of carboxylic acids is 1. The fourth-order valence-electron chi connectivity index (χ4n) is 3.51. The van der Waals surface area contributed by atoms with Crippen molar-refractivity contribution in [2.75, 3.05) is 0 Å². The van der Waals surface area contributed by atoms with Crippen LogP contribution in [0, 0.1) is 11.8 Å². The topological polar surface area (TPSA) is 96.4 Å². The van der Waals surface area contributed by atoms with Gasteiger partial charge < -0.3 is 15.9 Å². The minimum Gasteiger partial charge on any atom is -0.479 e. The van der Waals surface area contributed by atoms with Gasteiger partial charge in [0.15, 0.2) is 5.60 Å². The first-order valence-electron chi connectivity index (χ1n) is 9.53. The molecule has 2 atom stereocenters. The van der Waals surface area contributed by atoms with Crippen molar-refractivity contribution in [1.29, 1.82) is 0 Å². The van der Waals surface area contributed by atoms with Crippen LogP contribution in [0.5, 0.6) is 0 Å². The van der Waals surface area contributed by atoms with Crippen LogP contribution in [0.4, 0.5) is 0 Å². The molecule has 1 fully saturated rings. The molecule has 1 aliphatic rings. The number of hydrogen-bond donors (Lipinski definition) is 3. The number of rotatable bonds is 8. The Morgan fingerprint density at radius 2 is 2.04 bits per heavy atom. The predicted molar refractivity (Wildman–Crippen MR) is 105 cm³/mol. The molecule has 0 aliphatic heterocycles. The van der Waals surface area contributed by atoms with Crippen molar-refractivity contribution in [1.82, 2.24) is 4.98 Å². The maximum Gasteiger partial charge on any atom is 0.337 e. The van der Waals surface area contributed by atoms with E-state index in [2.05, 4.69) is 11.9 Å². The summed E-state index contributed by atoms with van der Waals surface area (Å²) in [5.41, 5.74) is 4.61. The number of aliphatic carboxylic acids is 1. The molecule has 0 radical (unpaired) electrons. The number of thioether (sulfide) groups is 1. The molecule has 26 heavy (non-hydrogen) atoms. The van der Waals surface area contributed by atoms with Gasteiger partial charge in [-0.05, 0) is 56.1 Å². The van der Waals surface area contributed by atoms with Crippen LogP contribution in [0.2, 0.25) is 0 Å². The summed E-state index contributed by atoms with van der Waals surface area (Å²) in [6.07, 6.45) is 7.00. The van der Waals surface area contributed by atoms with E-state index >= 15 is 0 Å². The maximum absolute atomic E-state index is 11.7. The average molecular weight is 381 g/mol. The molecule has 146 valence electrons. The van der Waals surface area contributed by atoms with Gasteiger partial charge in [0.05, 0.1) is 0 Å². The third-order valence-corrected chi connectivity index (χ3v) is 6.54. The molecule has 2 unspecified atom stereocenters. The molecule has 2 rings (SSSR count). The van der Waals surface area contributed by atoms with Crippen LogP contribution in [0.1, 0.15) is 58.6 Å². The maximum atomic E-state index is 11.7. The molecule has 0 saturated heterocycles. The van der Waals surface area contributed by atoms with Crippen molar-refractivity contribution in [2.24, 2.45) is 17.6 Å². The lowest BCUT2D eigenvalue weighted by atomic mass is 9.84. The summed E-state index contributed by atoms with van der Waals surface area (Å²) in [5, 5.41) is 20.9. The molecule has 0 amide bonds. The number of carboxylic acid groups (broad SMARTS) is 1. The second kappa shape index (κ2) is 9.20. The monoisotopic (exact) mass is 380 g/mol. The first-order valence-corrected chi connectivity index (χ1v) is 10.4. The van der Waals surface area contributed by atoms with Gasteiger partial charge >= 0.3 is 5.97 Å². The van der Waals surface area contributed by atoms with E-state index in [1.54, 1.807) is 6.20 Å². The molecule has 4 N–H and O–H groups in total. The second-order valence-corrected chi connectivity index (χ2v) is 9.50. The Balaban J connectivity index is 2.08. The minimum absolute atomic E-state index is 0.0771. The molecule has 0 spiro atoms. The lowest BCUT2D eigenvalue weighted by Crippen LogP contribution is -2.56. The third-order valence-electron chi connectivity index (χ3n) is 5.21. The minimum atomic E-state index is -2.00. The normalized spacial score (nSPS) is 24.2. The predicted octanol–water partition coefficient (Wildman–Crippen LogP) is 3.48. The highest BCUT2D eigenvalue weighted by atomic mass is 32.2. The quantitative estimate of drug-likeness (QED) is 0.639. The molecule has 0 aromatic carbocycles. The van der Waals surface area contributed by atoms with Crippen LogP contribution >= 0.6 is 11.8 Å². The van der Waals surface area contributed by atoms with E-state index in [0.717, 1.165) is 10.8 Å². The Morgan fingerprint density at radius 3 is 2.62 bits per heavy atom. The standard InChI is InChI=1S/C20H32N2O3S/c1-13(2)10-18(21)20(25,19(23)24)12-15-11-17(8-9-22-15)26-16-6-4-14(3)5-7-16/h8-9,11,13-14,16,18,25H,4-7,10,12,21H2,1-3H3,(H,23,24). The first kappa shape index (κ1) is 21.2. The molecule has 1 aromatic rings. The number of pyridine rings is 1. The van der Waals surface area contributed by atoms with E-state index in [9.17, 15) is 15.0 Å². The average Bonchev–Trinajstić information content (AvgIpc) is 2.56. The Hall–Kier alpha value is -1.11. The number of aromatic nitrogens is 1. The van der Waals surface area contributed by atoms with Gasteiger partial charge in [-0.15, -0.1) is 11.8 Å². The van der Waals surface area contributed by atoms with Gasteiger partial charge in [0.1, 0.15) is 0 Å². The van der Waals surface area contributed by atoms with E-state index in [4.69, 9.17) is 5.73 Å². The lowest BCUT2D eigenvalue weighted by Gasteiger charge is -2.31. The highest BCUT2D eigenvalue weighted by molar-refractivity contribution is 8.00. The Labute approximate surface area is 160 Å². The Kier molecular flexibility index (Phi) is 7.50. The van der Waals surface area contributed by atoms with Crippen molar-refractivity contribution in [3.8, 4) is 0 Å². The number of aliphatic hydroxyl groups is 1. The smallest absolute Gasteiger partial charge is 0.337 e. The van der Waals surface area contributed by atoms with Crippen LogP contribution < -0.4 is 5.73 Å².